The molecule has 172 valence electrons. The normalized spacial score (nSPS) is 10.4. The molecule has 0 aliphatic heterocycles. The SMILES string of the molecule is COc1ccc(NC(=O)c2ccc(NC(=O)c3csc(COc4ccc(C)cc4)n3)cc2)cc1. The summed E-state index contributed by atoms with van der Waals surface area (Å²) in [5.41, 5.74) is 3.17. The van der Waals surface area contributed by atoms with Gasteiger partial charge in [-0.2, -0.15) is 0 Å². The highest BCUT2D eigenvalue weighted by molar-refractivity contribution is 7.09. The van der Waals surface area contributed by atoms with Crippen molar-refractivity contribution in [2.24, 2.45) is 0 Å². The molecular weight excluding hydrogens is 450 g/mol. The first-order chi connectivity index (χ1) is 16.5. The topological polar surface area (TPSA) is 89.6 Å². The van der Waals surface area contributed by atoms with E-state index < -0.39 is 0 Å². The van der Waals surface area contributed by atoms with E-state index in [0.29, 0.717) is 40.0 Å². The van der Waals surface area contributed by atoms with E-state index in [1.807, 2.05) is 31.2 Å². The fraction of sp³-hybridized carbons (Fsp3) is 0.115. The molecule has 7 nitrogen and oxygen atoms in total. The number of benzene rings is 3. The van der Waals surface area contributed by atoms with Crippen molar-refractivity contribution < 1.29 is 19.1 Å². The van der Waals surface area contributed by atoms with E-state index in [4.69, 9.17) is 9.47 Å². The van der Waals surface area contributed by atoms with Gasteiger partial charge < -0.3 is 20.1 Å². The highest BCUT2D eigenvalue weighted by Crippen LogP contribution is 2.19. The first-order valence-corrected chi connectivity index (χ1v) is 11.4. The molecule has 8 heteroatoms. The molecule has 2 N–H and O–H groups in total. The Hall–Kier alpha value is -4.17. The number of ether oxygens (including phenoxy) is 2. The van der Waals surface area contributed by atoms with Gasteiger partial charge in [0.15, 0.2) is 0 Å². The minimum Gasteiger partial charge on any atom is -0.497 e. The molecule has 1 heterocycles. The largest absolute Gasteiger partial charge is 0.497 e. The summed E-state index contributed by atoms with van der Waals surface area (Å²) in [6.07, 6.45) is 0. The third kappa shape index (κ3) is 5.99. The molecule has 0 unspecified atom stereocenters. The Labute approximate surface area is 201 Å². The van der Waals surface area contributed by atoms with Crippen LogP contribution < -0.4 is 20.1 Å². The number of nitrogens with zero attached hydrogens (tertiary/aromatic N) is 1. The van der Waals surface area contributed by atoms with Crippen LogP contribution in [-0.2, 0) is 6.61 Å². The summed E-state index contributed by atoms with van der Waals surface area (Å²) in [5.74, 6) is 0.890. The number of rotatable bonds is 8. The minimum absolute atomic E-state index is 0.249. The zero-order valence-corrected chi connectivity index (χ0v) is 19.5. The Bertz CT molecular complexity index is 1270. The smallest absolute Gasteiger partial charge is 0.275 e. The van der Waals surface area contributed by atoms with Gasteiger partial charge in [-0.3, -0.25) is 9.59 Å². The molecule has 4 rings (SSSR count). The third-order valence-electron chi connectivity index (χ3n) is 4.92. The van der Waals surface area contributed by atoms with Crippen LogP contribution in [0, 0.1) is 6.92 Å². The number of methoxy groups -OCH3 is 1. The van der Waals surface area contributed by atoms with Crippen LogP contribution in [-0.4, -0.2) is 23.9 Å². The van der Waals surface area contributed by atoms with Crippen molar-refractivity contribution in [1.29, 1.82) is 0 Å². The van der Waals surface area contributed by atoms with Gasteiger partial charge in [-0.1, -0.05) is 17.7 Å². The lowest BCUT2D eigenvalue weighted by Crippen LogP contribution is -2.14. The van der Waals surface area contributed by atoms with Gasteiger partial charge in [0.05, 0.1) is 7.11 Å². The van der Waals surface area contributed by atoms with Crippen molar-refractivity contribution >= 4 is 34.5 Å². The number of nitrogens with one attached hydrogen (secondary N) is 2. The van der Waals surface area contributed by atoms with Crippen molar-refractivity contribution in [2.45, 2.75) is 13.5 Å². The van der Waals surface area contributed by atoms with E-state index >= 15 is 0 Å². The molecule has 0 aliphatic carbocycles. The Morgan fingerprint density at radius 1 is 0.824 bits per heavy atom. The van der Waals surface area contributed by atoms with Gasteiger partial charge >= 0.3 is 0 Å². The van der Waals surface area contributed by atoms with Gasteiger partial charge in [-0.25, -0.2) is 4.98 Å². The number of amides is 2. The van der Waals surface area contributed by atoms with Crippen LogP contribution in [0.4, 0.5) is 11.4 Å². The first kappa shape index (κ1) is 23.0. The molecule has 3 aromatic carbocycles. The van der Waals surface area contributed by atoms with Gasteiger partial charge in [-0.15, -0.1) is 11.3 Å². The zero-order chi connectivity index (χ0) is 23.9. The molecule has 0 spiro atoms. The van der Waals surface area contributed by atoms with Crippen LogP contribution in [0.2, 0.25) is 0 Å². The van der Waals surface area contributed by atoms with Crippen molar-refractivity contribution in [3.63, 3.8) is 0 Å². The number of aryl methyl sites for hydroxylation is 1. The number of hydrogen-bond acceptors (Lipinski definition) is 6. The molecule has 0 saturated heterocycles. The Morgan fingerprint density at radius 3 is 2.06 bits per heavy atom. The summed E-state index contributed by atoms with van der Waals surface area (Å²) < 4.78 is 10.8. The zero-order valence-electron chi connectivity index (χ0n) is 18.7. The molecular formula is C26H23N3O4S. The lowest BCUT2D eigenvalue weighted by atomic mass is 10.2. The molecule has 2 amide bonds. The number of hydrogen-bond donors (Lipinski definition) is 2. The molecule has 0 aliphatic rings. The second-order valence-electron chi connectivity index (χ2n) is 7.44. The summed E-state index contributed by atoms with van der Waals surface area (Å²) >= 11 is 1.36. The van der Waals surface area contributed by atoms with E-state index in [1.165, 1.54) is 11.3 Å². The molecule has 0 saturated carbocycles. The van der Waals surface area contributed by atoms with Crippen molar-refractivity contribution in [1.82, 2.24) is 4.98 Å². The number of aromatic nitrogens is 1. The standard InChI is InChI=1S/C26H23N3O4S/c1-17-3-11-22(12-4-17)33-15-24-29-23(16-34-24)26(31)28-19-7-5-18(6-8-19)25(30)27-20-9-13-21(32-2)14-10-20/h3-14,16H,15H2,1-2H3,(H,27,30)(H,28,31). The fourth-order valence-electron chi connectivity index (χ4n) is 3.04. The molecule has 0 radical (unpaired) electrons. The molecule has 0 atom stereocenters. The van der Waals surface area contributed by atoms with Gasteiger partial charge in [0.2, 0.25) is 0 Å². The number of carbonyl (C=O) groups is 2. The van der Waals surface area contributed by atoms with Crippen LogP contribution in [0.3, 0.4) is 0 Å². The maximum Gasteiger partial charge on any atom is 0.275 e. The lowest BCUT2D eigenvalue weighted by Gasteiger charge is -2.08. The lowest BCUT2D eigenvalue weighted by molar-refractivity contribution is 0.101. The van der Waals surface area contributed by atoms with E-state index in [1.54, 1.807) is 61.0 Å². The molecule has 34 heavy (non-hydrogen) atoms. The van der Waals surface area contributed by atoms with Gasteiger partial charge in [0.25, 0.3) is 11.8 Å². The van der Waals surface area contributed by atoms with E-state index in [2.05, 4.69) is 15.6 Å². The molecule has 0 fully saturated rings. The van der Waals surface area contributed by atoms with Crippen molar-refractivity contribution in [2.75, 3.05) is 17.7 Å². The molecule has 1 aromatic heterocycles. The Morgan fingerprint density at radius 2 is 1.41 bits per heavy atom. The number of carbonyl (C=O) groups excluding carboxylic acids is 2. The predicted molar refractivity (Wildman–Crippen MR) is 133 cm³/mol. The number of anilines is 2. The van der Waals surface area contributed by atoms with E-state index in [0.717, 1.165) is 11.3 Å². The number of thiazole rings is 1. The van der Waals surface area contributed by atoms with Gasteiger partial charge in [0, 0.05) is 22.3 Å². The highest BCUT2D eigenvalue weighted by Gasteiger charge is 2.13. The predicted octanol–water partition coefficient (Wildman–Crippen LogP) is 5.54. The summed E-state index contributed by atoms with van der Waals surface area (Å²) in [7, 11) is 1.59. The summed E-state index contributed by atoms with van der Waals surface area (Å²) in [6, 6.07) is 21.5. The summed E-state index contributed by atoms with van der Waals surface area (Å²) in [6.45, 7) is 2.30. The monoisotopic (exact) mass is 473 g/mol. The van der Waals surface area contributed by atoms with Gasteiger partial charge in [-0.05, 0) is 67.6 Å². The molecule has 4 aromatic rings. The van der Waals surface area contributed by atoms with Crippen LogP contribution in [0.5, 0.6) is 11.5 Å². The second-order valence-corrected chi connectivity index (χ2v) is 8.38. The summed E-state index contributed by atoms with van der Waals surface area (Å²) in [5, 5.41) is 8.02. The maximum absolute atomic E-state index is 12.6. The average molecular weight is 474 g/mol. The maximum atomic E-state index is 12.6. The Balaban J connectivity index is 1.30. The van der Waals surface area contributed by atoms with E-state index in [-0.39, 0.29) is 11.8 Å². The average Bonchev–Trinajstić information content (AvgIpc) is 3.34. The Kier molecular flexibility index (Phi) is 7.19. The second kappa shape index (κ2) is 10.6. The molecule has 0 bridgehead atoms. The quantitative estimate of drug-likeness (QED) is 0.351. The van der Waals surface area contributed by atoms with Crippen molar-refractivity contribution in [3.05, 3.63) is 100 Å². The van der Waals surface area contributed by atoms with E-state index in [9.17, 15) is 9.59 Å². The summed E-state index contributed by atoms with van der Waals surface area (Å²) in [4.78, 5) is 29.4. The fourth-order valence-corrected chi connectivity index (χ4v) is 3.72. The van der Waals surface area contributed by atoms with Crippen LogP contribution in [0.25, 0.3) is 0 Å². The van der Waals surface area contributed by atoms with Crippen LogP contribution in [0.1, 0.15) is 31.4 Å². The minimum atomic E-state index is -0.326. The van der Waals surface area contributed by atoms with Crippen LogP contribution in [0.15, 0.2) is 78.2 Å². The highest BCUT2D eigenvalue weighted by atomic mass is 32.1. The van der Waals surface area contributed by atoms with Gasteiger partial charge in [0.1, 0.15) is 28.8 Å². The van der Waals surface area contributed by atoms with Crippen LogP contribution >= 0.6 is 11.3 Å². The van der Waals surface area contributed by atoms with Crippen molar-refractivity contribution in [3.8, 4) is 11.5 Å². The first-order valence-electron chi connectivity index (χ1n) is 10.5. The third-order valence-corrected chi connectivity index (χ3v) is 5.74.